The zero-order valence-corrected chi connectivity index (χ0v) is 6.67. The second kappa shape index (κ2) is 4.46. The standard InChI is InChI=1S/C11H11/c1-2-3-5-8-11-9-6-4-7-10-11/h4,6-10H,2H2,1H3/q+1. The first-order valence-corrected chi connectivity index (χ1v) is 3.80. The van der Waals surface area contributed by atoms with Crippen LogP contribution in [0.2, 0.25) is 0 Å². The maximum absolute atomic E-state index is 2.99. The summed E-state index contributed by atoms with van der Waals surface area (Å²) in [5.41, 5.74) is 1.17. The molecule has 0 aromatic carbocycles. The zero-order chi connectivity index (χ0) is 7.94. The second-order valence-electron chi connectivity index (χ2n) is 2.23. The van der Waals surface area contributed by atoms with Crippen LogP contribution in [-0.2, 0) is 0 Å². The smallest absolute Gasteiger partial charge is 0.0876 e. The van der Waals surface area contributed by atoms with Crippen LogP contribution in [0.3, 0.4) is 0 Å². The van der Waals surface area contributed by atoms with Crippen LogP contribution in [0.4, 0.5) is 0 Å². The first kappa shape index (κ1) is 7.75. The van der Waals surface area contributed by atoms with Crippen LogP contribution in [0.1, 0.15) is 13.3 Å². The van der Waals surface area contributed by atoms with Crippen LogP contribution in [0.25, 0.3) is 0 Å². The third kappa shape index (κ3) is 2.82. The number of allylic oxidation sites excluding steroid dienone is 6. The summed E-state index contributed by atoms with van der Waals surface area (Å²) in [6.45, 7) is 2.05. The molecule has 0 bridgehead atoms. The molecule has 0 aromatic rings. The van der Waals surface area contributed by atoms with Crippen LogP contribution in [-0.4, -0.2) is 0 Å². The van der Waals surface area contributed by atoms with E-state index in [1.54, 1.807) is 0 Å². The summed E-state index contributed by atoms with van der Waals surface area (Å²) in [6.07, 6.45) is 13.0. The van der Waals surface area contributed by atoms with E-state index in [2.05, 4.69) is 11.8 Å². The second-order valence-corrected chi connectivity index (χ2v) is 2.23. The highest BCUT2D eigenvalue weighted by Gasteiger charge is 1.98. The largest absolute Gasteiger partial charge is 0.105 e. The molecule has 0 N–H and O–H groups in total. The van der Waals surface area contributed by atoms with Crippen molar-refractivity contribution in [1.82, 2.24) is 0 Å². The fourth-order valence-corrected chi connectivity index (χ4v) is 0.786. The van der Waals surface area contributed by atoms with Gasteiger partial charge < -0.3 is 0 Å². The highest BCUT2D eigenvalue weighted by molar-refractivity contribution is 5.42. The van der Waals surface area contributed by atoms with Crippen molar-refractivity contribution in [2.75, 3.05) is 0 Å². The molecule has 0 saturated heterocycles. The van der Waals surface area contributed by atoms with Gasteiger partial charge in [-0.05, 0) is 5.92 Å². The molecule has 0 atom stereocenters. The molecule has 0 radical (unpaired) electrons. The Morgan fingerprint density at radius 1 is 1.55 bits per heavy atom. The summed E-state index contributed by atoms with van der Waals surface area (Å²) in [5, 5.41) is 0. The van der Waals surface area contributed by atoms with Crippen molar-refractivity contribution < 1.29 is 0 Å². The molecule has 1 aliphatic rings. The average Bonchev–Trinajstić information content (AvgIpc) is 2.07. The molecule has 54 valence electrons. The van der Waals surface area contributed by atoms with E-state index in [1.807, 2.05) is 43.7 Å². The average molecular weight is 143 g/mol. The summed E-state index contributed by atoms with van der Waals surface area (Å²) < 4.78 is 0. The maximum Gasteiger partial charge on any atom is 0.105 e. The van der Waals surface area contributed by atoms with Gasteiger partial charge in [-0.2, -0.15) is 0 Å². The molecule has 1 aliphatic carbocycles. The molecule has 0 saturated carbocycles. The molecule has 1 rings (SSSR count). The molecule has 0 spiro atoms. The van der Waals surface area contributed by atoms with Crippen LogP contribution in [0.15, 0.2) is 36.0 Å². The van der Waals surface area contributed by atoms with Gasteiger partial charge in [-0.1, -0.05) is 12.8 Å². The minimum atomic E-state index is 0.920. The summed E-state index contributed by atoms with van der Waals surface area (Å²) in [5.74, 6) is 5.97. The predicted octanol–water partition coefficient (Wildman–Crippen LogP) is 2.66. The Labute approximate surface area is 68.3 Å². The molecule has 0 nitrogen and oxygen atoms in total. The molecule has 0 fully saturated rings. The van der Waals surface area contributed by atoms with E-state index < -0.39 is 0 Å². The van der Waals surface area contributed by atoms with E-state index in [-0.39, 0.29) is 0 Å². The number of rotatable bonds is 0. The lowest BCUT2D eigenvalue weighted by Gasteiger charge is -1.88. The van der Waals surface area contributed by atoms with E-state index in [0.717, 1.165) is 6.42 Å². The monoisotopic (exact) mass is 143 g/mol. The summed E-state index contributed by atoms with van der Waals surface area (Å²) >= 11 is 0. The van der Waals surface area contributed by atoms with Gasteiger partial charge >= 0.3 is 0 Å². The Bertz CT molecular complexity index is 253. The molecule has 0 amide bonds. The highest BCUT2D eigenvalue weighted by Crippen LogP contribution is 2.07. The lowest BCUT2D eigenvalue weighted by molar-refractivity contribution is 1.28. The van der Waals surface area contributed by atoms with Crippen molar-refractivity contribution in [3.8, 4) is 11.8 Å². The van der Waals surface area contributed by atoms with Gasteiger partial charge in [-0.25, -0.2) is 0 Å². The van der Waals surface area contributed by atoms with Crippen molar-refractivity contribution in [2.24, 2.45) is 0 Å². The van der Waals surface area contributed by atoms with Crippen molar-refractivity contribution in [2.45, 2.75) is 13.3 Å². The van der Waals surface area contributed by atoms with Crippen LogP contribution >= 0.6 is 0 Å². The first-order valence-electron chi connectivity index (χ1n) is 3.80. The molecular weight excluding hydrogens is 132 g/mol. The highest BCUT2D eigenvalue weighted by atomic mass is 13.9. The van der Waals surface area contributed by atoms with E-state index in [1.165, 1.54) is 5.57 Å². The molecular formula is C11H11+. The minimum absolute atomic E-state index is 0.920. The van der Waals surface area contributed by atoms with Crippen molar-refractivity contribution in [1.29, 1.82) is 0 Å². The van der Waals surface area contributed by atoms with Gasteiger partial charge in [0, 0.05) is 37.1 Å². The van der Waals surface area contributed by atoms with E-state index in [9.17, 15) is 0 Å². The topological polar surface area (TPSA) is 0 Å². The quantitative estimate of drug-likeness (QED) is 0.361. The fraction of sp³-hybridized carbons (Fsp3) is 0.182. The van der Waals surface area contributed by atoms with Crippen LogP contribution < -0.4 is 0 Å². The van der Waals surface area contributed by atoms with Crippen molar-refractivity contribution in [3.63, 3.8) is 0 Å². The first-order chi connectivity index (χ1) is 5.43. The molecule has 0 aromatic heterocycles. The lowest BCUT2D eigenvalue weighted by Crippen LogP contribution is -1.79. The Balaban J connectivity index is 2.54. The normalized spacial score (nSPS) is 17.4. The van der Waals surface area contributed by atoms with Crippen LogP contribution in [0, 0.1) is 18.3 Å². The Morgan fingerprint density at radius 2 is 2.45 bits per heavy atom. The zero-order valence-electron chi connectivity index (χ0n) is 6.67. The number of hydrogen-bond donors (Lipinski definition) is 0. The van der Waals surface area contributed by atoms with E-state index >= 15 is 0 Å². The molecule has 0 aliphatic heterocycles. The van der Waals surface area contributed by atoms with Gasteiger partial charge in [0.2, 0.25) is 0 Å². The third-order valence-electron chi connectivity index (χ3n) is 1.32. The SMILES string of the molecule is CCC#C/C=C1/C=CC=C[CH+]1. The molecule has 0 heteroatoms. The maximum atomic E-state index is 2.99. The Morgan fingerprint density at radius 3 is 3.09 bits per heavy atom. The van der Waals surface area contributed by atoms with Gasteiger partial charge in [0.05, 0.1) is 6.08 Å². The van der Waals surface area contributed by atoms with Gasteiger partial charge in [-0.15, -0.1) is 0 Å². The number of hydrogen-bond acceptors (Lipinski definition) is 0. The lowest BCUT2D eigenvalue weighted by atomic mass is 10.1. The molecule has 0 heterocycles. The molecule has 11 heavy (non-hydrogen) atoms. The van der Waals surface area contributed by atoms with E-state index in [0.29, 0.717) is 0 Å². The summed E-state index contributed by atoms with van der Waals surface area (Å²) in [4.78, 5) is 0. The van der Waals surface area contributed by atoms with Crippen molar-refractivity contribution >= 4 is 0 Å². The molecule has 0 unspecified atom stereocenters. The van der Waals surface area contributed by atoms with Gasteiger partial charge in [0.25, 0.3) is 0 Å². The Kier molecular flexibility index (Phi) is 3.15. The van der Waals surface area contributed by atoms with Crippen LogP contribution in [0.5, 0.6) is 0 Å². The van der Waals surface area contributed by atoms with Gasteiger partial charge in [-0.3, -0.25) is 0 Å². The Hall–Kier alpha value is -1.35. The van der Waals surface area contributed by atoms with Crippen molar-refractivity contribution in [3.05, 3.63) is 42.4 Å². The third-order valence-corrected chi connectivity index (χ3v) is 1.32. The summed E-state index contributed by atoms with van der Waals surface area (Å²) in [6, 6.07) is 0. The van der Waals surface area contributed by atoms with E-state index in [4.69, 9.17) is 0 Å². The van der Waals surface area contributed by atoms with Gasteiger partial charge in [0.15, 0.2) is 0 Å². The summed E-state index contributed by atoms with van der Waals surface area (Å²) in [7, 11) is 0. The predicted molar refractivity (Wildman–Crippen MR) is 48.7 cm³/mol. The minimum Gasteiger partial charge on any atom is -0.0876 e. The van der Waals surface area contributed by atoms with Gasteiger partial charge in [0.1, 0.15) is 5.57 Å². The fourth-order valence-electron chi connectivity index (χ4n) is 0.786.